The van der Waals surface area contributed by atoms with Crippen LogP contribution in [-0.2, 0) is 0 Å². The molecule has 2 saturated heterocycles. The molecular weight excluding hydrogens is 240 g/mol. The van der Waals surface area contributed by atoms with Crippen molar-refractivity contribution in [2.45, 2.75) is 58.0 Å². The zero-order chi connectivity index (χ0) is 13.0. The molecule has 2 rings (SSSR count). The van der Waals surface area contributed by atoms with Gasteiger partial charge in [0.1, 0.15) is 0 Å². The first-order chi connectivity index (χ1) is 8.70. The van der Waals surface area contributed by atoms with Gasteiger partial charge in [-0.15, -0.1) is 0 Å². The van der Waals surface area contributed by atoms with E-state index in [9.17, 15) is 0 Å². The maximum Gasteiger partial charge on any atom is 0.0223 e. The number of piperazine rings is 1. The Kier molecular flexibility index (Phi) is 5.84. The van der Waals surface area contributed by atoms with Gasteiger partial charge in [-0.05, 0) is 57.4 Å². The van der Waals surface area contributed by atoms with Gasteiger partial charge in [-0.1, -0.05) is 13.3 Å². The van der Waals surface area contributed by atoms with E-state index in [1.807, 2.05) is 0 Å². The van der Waals surface area contributed by atoms with Crippen LogP contribution >= 0.6 is 12.6 Å². The molecule has 3 heteroatoms. The number of rotatable bonds is 5. The van der Waals surface area contributed by atoms with Gasteiger partial charge in [0.05, 0.1) is 0 Å². The molecule has 0 aromatic carbocycles. The van der Waals surface area contributed by atoms with Crippen LogP contribution in [0.25, 0.3) is 0 Å². The van der Waals surface area contributed by atoms with Crippen molar-refractivity contribution in [2.75, 3.05) is 31.9 Å². The van der Waals surface area contributed by atoms with Crippen LogP contribution in [0, 0.1) is 5.92 Å². The van der Waals surface area contributed by atoms with Crippen molar-refractivity contribution in [2.24, 2.45) is 5.92 Å². The first-order valence-electron chi connectivity index (χ1n) is 7.79. The van der Waals surface area contributed by atoms with E-state index in [4.69, 9.17) is 0 Å². The molecule has 0 N–H and O–H groups in total. The highest BCUT2D eigenvalue weighted by atomic mass is 32.1. The second-order valence-electron chi connectivity index (χ2n) is 6.39. The molecule has 2 nitrogen and oxygen atoms in total. The summed E-state index contributed by atoms with van der Waals surface area (Å²) >= 11 is 4.34. The normalized spacial score (nSPS) is 32.2. The van der Waals surface area contributed by atoms with Crippen LogP contribution in [0.4, 0.5) is 0 Å². The molecule has 2 heterocycles. The van der Waals surface area contributed by atoms with Gasteiger partial charge in [0.2, 0.25) is 0 Å². The Hall–Kier alpha value is 0.270. The third kappa shape index (κ3) is 3.88. The van der Waals surface area contributed by atoms with Crippen LogP contribution in [-0.4, -0.2) is 53.8 Å². The third-order valence-corrected chi connectivity index (χ3v) is 5.11. The minimum atomic E-state index is 0.752. The Morgan fingerprint density at radius 3 is 2.83 bits per heavy atom. The van der Waals surface area contributed by atoms with Gasteiger partial charge in [0.15, 0.2) is 0 Å². The number of thiol groups is 1. The molecule has 106 valence electrons. The highest BCUT2D eigenvalue weighted by Crippen LogP contribution is 2.24. The van der Waals surface area contributed by atoms with E-state index in [2.05, 4.69) is 36.3 Å². The van der Waals surface area contributed by atoms with Crippen molar-refractivity contribution in [1.29, 1.82) is 0 Å². The van der Waals surface area contributed by atoms with E-state index in [1.54, 1.807) is 0 Å². The molecule has 2 fully saturated rings. The van der Waals surface area contributed by atoms with E-state index in [0.717, 1.165) is 23.8 Å². The Bertz CT molecular complexity index is 247. The molecule has 0 amide bonds. The fourth-order valence-electron chi connectivity index (χ4n) is 3.48. The summed E-state index contributed by atoms with van der Waals surface area (Å²) in [6.07, 6.45) is 6.90. The molecule has 0 aromatic heterocycles. The van der Waals surface area contributed by atoms with E-state index in [-0.39, 0.29) is 0 Å². The molecule has 18 heavy (non-hydrogen) atoms. The molecule has 0 radical (unpaired) electrons. The number of hydrogen-bond donors (Lipinski definition) is 1. The highest BCUT2D eigenvalue weighted by molar-refractivity contribution is 7.80. The van der Waals surface area contributed by atoms with Gasteiger partial charge in [0, 0.05) is 25.2 Å². The summed E-state index contributed by atoms with van der Waals surface area (Å²) in [5, 5.41) is 0. The lowest BCUT2D eigenvalue weighted by Crippen LogP contribution is -2.58. The first-order valence-corrected chi connectivity index (χ1v) is 8.43. The van der Waals surface area contributed by atoms with Crippen molar-refractivity contribution >= 4 is 12.6 Å². The van der Waals surface area contributed by atoms with Gasteiger partial charge in [-0.25, -0.2) is 0 Å². The quantitative estimate of drug-likeness (QED) is 0.768. The van der Waals surface area contributed by atoms with Gasteiger partial charge in [-0.2, -0.15) is 12.6 Å². The zero-order valence-electron chi connectivity index (χ0n) is 12.1. The average Bonchev–Trinajstić information content (AvgIpc) is 2.36. The van der Waals surface area contributed by atoms with Crippen LogP contribution in [0.5, 0.6) is 0 Å². The molecule has 0 bridgehead atoms. The summed E-state index contributed by atoms with van der Waals surface area (Å²) in [6, 6.07) is 1.61. The maximum absolute atomic E-state index is 4.34. The van der Waals surface area contributed by atoms with Crippen molar-refractivity contribution in [1.82, 2.24) is 9.80 Å². The summed E-state index contributed by atoms with van der Waals surface area (Å²) in [4.78, 5) is 5.48. The van der Waals surface area contributed by atoms with Crippen molar-refractivity contribution < 1.29 is 0 Å². The van der Waals surface area contributed by atoms with Crippen LogP contribution in [0.2, 0.25) is 0 Å². The van der Waals surface area contributed by atoms with E-state index >= 15 is 0 Å². The molecule has 3 unspecified atom stereocenters. The fraction of sp³-hybridized carbons (Fsp3) is 1.00. The van der Waals surface area contributed by atoms with E-state index in [1.165, 1.54) is 58.3 Å². The molecule has 2 aliphatic heterocycles. The van der Waals surface area contributed by atoms with Gasteiger partial charge in [-0.3, -0.25) is 9.80 Å². The number of piperidine rings is 1. The Balaban J connectivity index is 1.78. The summed E-state index contributed by atoms with van der Waals surface area (Å²) in [5.41, 5.74) is 0. The molecule has 0 aromatic rings. The second kappa shape index (κ2) is 7.16. The molecule has 0 saturated carbocycles. The SMILES string of the molecule is CC(CCS)CCN1CC2CCCCN2CC1C. The number of nitrogens with zero attached hydrogens (tertiary/aromatic N) is 2. The predicted octanol–water partition coefficient (Wildman–Crippen LogP) is 2.89. The summed E-state index contributed by atoms with van der Waals surface area (Å²) < 4.78 is 0. The predicted molar refractivity (Wildman–Crippen MR) is 82.5 cm³/mol. The van der Waals surface area contributed by atoms with Crippen LogP contribution < -0.4 is 0 Å². The molecule has 0 aliphatic carbocycles. The Morgan fingerprint density at radius 1 is 1.22 bits per heavy atom. The minimum Gasteiger partial charge on any atom is -0.298 e. The van der Waals surface area contributed by atoms with E-state index in [0.29, 0.717) is 0 Å². The van der Waals surface area contributed by atoms with Gasteiger partial charge >= 0.3 is 0 Å². The van der Waals surface area contributed by atoms with Crippen molar-refractivity contribution in [3.05, 3.63) is 0 Å². The largest absolute Gasteiger partial charge is 0.298 e. The van der Waals surface area contributed by atoms with Crippen LogP contribution in [0.15, 0.2) is 0 Å². The average molecular weight is 270 g/mol. The topological polar surface area (TPSA) is 6.48 Å². The molecule has 2 aliphatic rings. The van der Waals surface area contributed by atoms with Crippen LogP contribution in [0.1, 0.15) is 46.0 Å². The molecule has 0 spiro atoms. The fourth-order valence-corrected chi connectivity index (χ4v) is 3.92. The maximum atomic E-state index is 4.34. The third-order valence-electron chi connectivity index (χ3n) is 4.85. The lowest BCUT2D eigenvalue weighted by molar-refractivity contribution is 0.0131. The lowest BCUT2D eigenvalue weighted by Gasteiger charge is -2.47. The molecule has 3 atom stereocenters. The standard InChI is InChI=1S/C15H30N2S/c1-13(7-10-18)6-9-16-12-15-5-3-4-8-17(15)11-14(16)2/h13-15,18H,3-12H2,1-2H3. The first kappa shape index (κ1) is 14.7. The monoisotopic (exact) mass is 270 g/mol. The smallest absolute Gasteiger partial charge is 0.0223 e. The van der Waals surface area contributed by atoms with Crippen LogP contribution in [0.3, 0.4) is 0 Å². The summed E-state index contributed by atoms with van der Waals surface area (Å²) in [6.45, 7) is 10.0. The lowest BCUT2D eigenvalue weighted by atomic mass is 9.96. The number of fused-ring (bicyclic) bond motifs is 1. The highest BCUT2D eigenvalue weighted by Gasteiger charge is 2.32. The van der Waals surface area contributed by atoms with Gasteiger partial charge < -0.3 is 0 Å². The van der Waals surface area contributed by atoms with Gasteiger partial charge in [0.25, 0.3) is 0 Å². The summed E-state index contributed by atoms with van der Waals surface area (Å²) in [7, 11) is 0. The Labute approximate surface area is 119 Å². The zero-order valence-corrected chi connectivity index (χ0v) is 13.0. The molecular formula is C15H30N2S. The number of hydrogen-bond acceptors (Lipinski definition) is 3. The summed E-state index contributed by atoms with van der Waals surface area (Å²) in [5.74, 6) is 1.87. The Morgan fingerprint density at radius 2 is 2.06 bits per heavy atom. The van der Waals surface area contributed by atoms with Crippen molar-refractivity contribution in [3.63, 3.8) is 0 Å². The minimum absolute atomic E-state index is 0.752. The second-order valence-corrected chi connectivity index (χ2v) is 6.84. The van der Waals surface area contributed by atoms with Crippen molar-refractivity contribution in [3.8, 4) is 0 Å². The van der Waals surface area contributed by atoms with E-state index < -0.39 is 0 Å².